The van der Waals surface area contributed by atoms with Crippen LogP contribution in [0.2, 0.25) is 0 Å². The lowest BCUT2D eigenvalue weighted by Crippen LogP contribution is -2.39. The molecule has 27 heavy (non-hydrogen) atoms. The molecule has 150 valence electrons. The number of carbonyl (C=O) groups is 1. The predicted molar refractivity (Wildman–Crippen MR) is 110 cm³/mol. The van der Waals surface area contributed by atoms with Crippen LogP contribution >= 0.6 is 23.6 Å². The zero-order valence-corrected chi connectivity index (χ0v) is 18.2. The number of aromatic amines is 1. The van der Waals surface area contributed by atoms with Crippen LogP contribution in [0.15, 0.2) is 17.5 Å². The highest BCUT2D eigenvalue weighted by molar-refractivity contribution is 7.88. The zero-order valence-electron chi connectivity index (χ0n) is 15.8. The highest BCUT2D eigenvalue weighted by Gasteiger charge is 2.22. The fourth-order valence-corrected chi connectivity index (χ4v) is 4.99. The van der Waals surface area contributed by atoms with Gasteiger partial charge in [-0.05, 0) is 50.9 Å². The molecule has 2 heterocycles. The van der Waals surface area contributed by atoms with Crippen molar-refractivity contribution in [3.8, 4) is 10.7 Å². The molecule has 0 aliphatic heterocycles. The van der Waals surface area contributed by atoms with Gasteiger partial charge in [0.15, 0.2) is 10.6 Å². The Bertz CT molecular complexity index is 916. The van der Waals surface area contributed by atoms with Gasteiger partial charge >= 0.3 is 0 Å². The number of sulfonamides is 1. The first-order valence-electron chi connectivity index (χ1n) is 8.58. The monoisotopic (exact) mass is 431 g/mol. The molecule has 1 amide bonds. The third-order valence-corrected chi connectivity index (χ3v) is 6.68. The number of hydrogen-bond donors (Lipinski definition) is 2. The van der Waals surface area contributed by atoms with E-state index in [1.54, 1.807) is 11.5 Å². The highest BCUT2D eigenvalue weighted by atomic mass is 32.2. The SMILES string of the molecule is CC(C)N(CCCNC(=O)C(C)n1c(-c2cccs2)n[nH]c1=S)S(C)(=O)=O. The van der Waals surface area contributed by atoms with Crippen molar-refractivity contribution in [2.45, 2.75) is 39.3 Å². The second kappa shape index (κ2) is 9.09. The van der Waals surface area contributed by atoms with Crippen LogP contribution in [0.1, 0.15) is 33.2 Å². The van der Waals surface area contributed by atoms with E-state index in [0.717, 1.165) is 4.88 Å². The third-order valence-electron chi connectivity index (χ3n) is 4.07. The van der Waals surface area contributed by atoms with Crippen molar-refractivity contribution >= 4 is 39.5 Å². The van der Waals surface area contributed by atoms with Gasteiger partial charge in [0.25, 0.3) is 0 Å². The van der Waals surface area contributed by atoms with Gasteiger partial charge in [0.2, 0.25) is 15.9 Å². The van der Waals surface area contributed by atoms with Crippen molar-refractivity contribution in [3.05, 3.63) is 22.3 Å². The fourth-order valence-electron chi connectivity index (χ4n) is 2.76. The van der Waals surface area contributed by atoms with E-state index < -0.39 is 16.1 Å². The van der Waals surface area contributed by atoms with E-state index in [9.17, 15) is 13.2 Å². The van der Waals surface area contributed by atoms with Crippen molar-refractivity contribution in [1.29, 1.82) is 0 Å². The Morgan fingerprint density at radius 2 is 2.15 bits per heavy atom. The molecule has 0 spiro atoms. The summed E-state index contributed by atoms with van der Waals surface area (Å²) < 4.78 is 27.0. The first kappa shape index (κ1) is 21.7. The molecular formula is C16H25N5O3S3. The number of thiophene rings is 1. The summed E-state index contributed by atoms with van der Waals surface area (Å²) in [4.78, 5) is 13.5. The van der Waals surface area contributed by atoms with Crippen LogP contribution in [0, 0.1) is 4.77 Å². The Morgan fingerprint density at radius 1 is 1.44 bits per heavy atom. The third kappa shape index (κ3) is 5.47. The highest BCUT2D eigenvalue weighted by Crippen LogP contribution is 2.25. The van der Waals surface area contributed by atoms with E-state index in [-0.39, 0.29) is 11.9 Å². The second-order valence-electron chi connectivity index (χ2n) is 6.49. The lowest BCUT2D eigenvalue weighted by Gasteiger charge is -2.24. The Labute approximate surface area is 168 Å². The van der Waals surface area contributed by atoms with Gasteiger partial charge in [0, 0.05) is 19.1 Å². The first-order chi connectivity index (χ1) is 12.6. The average Bonchev–Trinajstić information content (AvgIpc) is 3.21. The number of rotatable bonds is 9. The molecule has 11 heteroatoms. The molecule has 0 aromatic carbocycles. The molecule has 2 aromatic rings. The Balaban J connectivity index is 1.98. The molecule has 2 aromatic heterocycles. The largest absolute Gasteiger partial charge is 0.354 e. The van der Waals surface area contributed by atoms with Gasteiger partial charge in [-0.25, -0.2) is 8.42 Å². The minimum Gasteiger partial charge on any atom is -0.354 e. The zero-order chi connectivity index (χ0) is 20.2. The summed E-state index contributed by atoms with van der Waals surface area (Å²) >= 11 is 6.80. The van der Waals surface area contributed by atoms with Gasteiger partial charge in [-0.3, -0.25) is 14.5 Å². The molecule has 2 rings (SSSR count). The number of nitrogens with one attached hydrogen (secondary N) is 2. The van der Waals surface area contributed by atoms with Gasteiger partial charge < -0.3 is 5.32 Å². The van der Waals surface area contributed by atoms with Crippen LogP contribution in [-0.2, 0) is 14.8 Å². The molecule has 1 unspecified atom stereocenters. The minimum absolute atomic E-state index is 0.118. The van der Waals surface area contributed by atoms with E-state index >= 15 is 0 Å². The summed E-state index contributed by atoms with van der Waals surface area (Å²) in [6.07, 6.45) is 1.72. The number of H-pyrrole nitrogens is 1. The molecule has 2 N–H and O–H groups in total. The van der Waals surface area contributed by atoms with E-state index in [0.29, 0.717) is 30.1 Å². The number of carbonyl (C=O) groups excluding carboxylic acids is 1. The predicted octanol–water partition coefficient (Wildman–Crippen LogP) is 2.41. The molecule has 0 saturated carbocycles. The van der Waals surface area contributed by atoms with Gasteiger partial charge in [-0.1, -0.05) is 6.07 Å². The van der Waals surface area contributed by atoms with Gasteiger partial charge in [-0.2, -0.15) is 9.40 Å². The maximum absolute atomic E-state index is 12.5. The molecule has 0 bridgehead atoms. The van der Waals surface area contributed by atoms with Crippen molar-refractivity contribution in [1.82, 2.24) is 24.4 Å². The smallest absolute Gasteiger partial charge is 0.242 e. The number of aromatic nitrogens is 3. The molecule has 0 radical (unpaired) electrons. The quantitative estimate of drug-likeness (QED) is 0.469. The van der Waals surface area contributed by atoms with Crippen molar-refractivity contribution < 1.29 is 13.2 Å². The van der Waals surface area contributed by atoms with Gasteiger partial charge in [0.05, 0.1) is 11.1 Å². The Morgan fingerprint density at radius 3 is 2.70 bits per heavy atom. The molecule has 0 fully saturated rings. The van der Waals surface area contributed by atoms with E-state index in [1.807, 2.05) is 31.4 Å². The fraction of sp³-hybridized carbons (Fsp3) is 0.562. The number of nitrogens with zero attached hydrogens (tertiary/aromatic N) is 3. The molecule has 0 aliphatic carbocycles. The number of amides is 1. The van der Waals surface area contributed by atoms with Crippen LogP contribution in [0.25, 0.3) is 10.7 Å². The lowest BCUT2D eigenvalue weighted by atomic mass is 10.3. The molecule has 0 aliphatic rings. The summed E-state index contributed by atoms with van der Waals surface area (Å²) in [5.41, 5.74) is 0. The topological polar surface area (TPSA) is 100 Å². The van der Waals surface area contributed by atoms with Crippen molar-refractivity contribution in [2.24, 2.45) is 0 Å². The summed E-state index contributed by atoms with van der Waals surface area (Å²) in [6, 6.07) is 3.18. The van der Waals surface area contributed by atoms with E-state index in [1.165, 1.54) is 21.9 Å². The summed E-state index contributed by atoms with van der Waals surface area (Å²) in [7, 11) is -3.26. The van der Waals surface area contributed by atoms with Crippen LogP contribution in [0.3, 0.4) is 0 Å². The normalized spacial score (nSPS) is 13.3. The number of hydrogen-bond acceptors (Lipinski definition) is 6. The summed E-state index contributed by atoms with van der Waals surface area (Å²) in [5.74, 6) is 0.432. The van der Waals surface area contributed by atoms with Gasteiger partial charge in [0.1, 0.15) is 6.04 Å². The van der Waals surface area contributed by atoms with Crippen LogP contribution in [-0.4, -0.2) is 58.8 Å². The van der Waals surface area contributed by atoms with E-state index in [4.69, 9.17) is 12.2 Å². The van der Waals surface area contributed by atoms with Crippen LogP contribution in [0.4, 0.5) is 0 Å². The van der Waals surface area contributed by atoms with Crippen LogP contribution < -0.4 is 5.32 Å². The lowest BCUT2D eigenvalue weighted by molar-refractivity contribution is -0.123. The Kier molecular flexibility index (Phi) is 7.32. The standard InChI is InChI=1S/C16H25N5O3S3/c1-11(2)20(27(4,23)24)9-6-8-17-15(22)12(3)21-14(18-19-16(21)25)13-7-5-10-26-13/h5,7,10-12H,6,8-9H2,1-4H3,(H,17,22)(H,19,25). The maximum Gasteiger partial charge on any atom is 0.242 e. The summed E-state index contributed by atoms with van der Waals surface area (Å²) in [6.45, 7) is 6.15. The molecule has 1 atom stereocenters. The van der Waals surface area contributed by atoms with Crippen molar-refractivity contribution in [2.75, 3.05) is 19.3 Å². The maximum atomic E-state index is 12.5. The molecule has 8 nitrogen and oxygen atoms in total. The summed E-state index contributed by atoms with van der Waals surface area (Å²) in [5, 5.41) is 11.8. The first-order valence-corrected chi connectivity index (χ1v) is 11.7. The van der Waals surface area contributed by atoms with Crippen molar-refractivity contribution in [3.63, 3.8) is 0 Å². The average molecular weight is 432 g/mol. The van der Waals surface area contributed by atoms with Crippen LogP contribution in [0.5, 0.6) is 0 Å². The van der Waals surface area contributed by atoms with Gasteiger partial charge in [-0.15, -0.1) is 11.3 Å². The Hall–Kier alpha value is -1.56. The second-order valence-corrected chi connectivity index (χ2v) is 9.76. The molecular weight excluding hydrogens is 406 g/mol. The van der Waals surface area contributed by atoms with E-state index in [2.05, 4.69) is 15.5 Å². The molecule has 0 saturated heterocycles. The minimum atomic E-state index is -3.26.